The van der Waals surface area contributed by atoms with E-state index in [4.69, 9.17) is 28.2 Å². The minimum atomic E-state index is -0.280. The van der Waals surface area contributed by atoms with Crippen molar-refractivity contribution in [2.75, 3.05) is 36.4 Å². The van der Waals surface area contributed by atoms with E-state index in [2.05, 4.69) is 15.5 Å². The number of nitrogens with one attached hydrogen (secondary N) is 2. The molecular formula is C24H23ClN4O3S. The molecule has 7 nitrogen and oxygen atoms in total. The zero-order valence-electron chi connectivity index (χ0n) is 18.0. The van der Waals surface area contributed by atoms with Crippen LogP contribution in [-0.4, -0.2) is 48.0 Å². The van der Waals surface area contributed by atoms with Crippen molar-refractivity contribution in [1.29, 1.82) is 0 Å². The first kappa shape index (κ1) is 22.8. The van der Waals surface area contributed by atoms with Crippen LogP contribution in [0, 0.1) is 6.92 Å². The van der Waals surface area contributed by atoms with Crippen LogP contribution in [-0.2, 0) is 0 Å². The van der Waals surface area contributed by atoms with Crippen molar-refractivity contribution >= 4 is 52.1 Å². The number of thiocarbonyl (C=S) groups is 1. The number of anilines is 2. The van der Waals surface area contributed by atoms with Gasteiger partial charge in [-0.2, -0.15) is 0 Å². The maximum absolute atomic E-state index is 12.4. The summed E-state index contributed by atoms with van der Waals surface area (Å²) in [6, 6.07) is 16.1. The molecule has 4 rings (SSSR count). The van der Waals surface area contributed by atoms with Crippen molar-refractivity contribution in [3.63, 3.8) is 0 Å². The molecule has 1 aliphatic heterocycles. The molecule has 1 aromatic heterocycles. The van der Waals surface area contributed by atoms with Crippen molar-refractivity contribution in [2.45, 2.75) is 6.92 Å². The lowest BCUT2D eigenvalue weighted by molar-refractivity contribution is 0.0714. The molecule has 0 spiro atoms. The second kappa shape index (κ2) is 10.1. The lowest BCUT2D eigenvalue weighted by Gasteiger charge is -2.36. The maximum Gasteiger partial charge on any atom is 0.289 e. The first-order chi connectivity index (χ1) is 15.9. The highest BCUT2D eigenvalue weighted by molar-refractivity contribution is 7.80. The lowest BCUT2D eigenvalue weighted by atomic mass is 10.1. The summed E-state index contributed by atoms with van der Waals surface area (Å²) in [6.45, 7) is 4.42. The number of hydrogen-bond donors (Lipinski definition) is 2. The highest BCUT2D eigenvalue weighted by atomic mass is 35.5. The van der Waals surface area contributed by atoms with Gasteiger partial charge in [0.1, 0.15) is 0 Å². The molecule has 2 N–H and O–H groups in total. The van der Waals surface area contributed by atoms with E-state index < -0.39 is 0 Å². The Hall–Kier alpha value is -3.36. The van der Waals surface area contributed by atoms with E-state index in [0.29, 0.717) is 48.2 Å². The number of amides is 2. The molecule has 0 bridgehead atoms. The molecule has 0 radical (unpaired) electrons. The molecule has 0 unspecified atom stereocenters. The first-order valence-corrected chi connectivity index (χ1v) is 11.3. The molecule has 1 aliphatic rings. The van der Waals surface area contributed by atoms with Crippen LogP contribution >= 0.6 is 23.8 Å². The second-order valence-corrected chi connectivity index (χ2v) is 8.51. The largest absolute Gasteiger partial charge is 0.459 e. The van der Waals surface area contributed by atoms with Crippen molar-refractivity contribution in [3.8, 4) is 0 Å². The summed E-state index contributed by atoms with van der Waals surface area (Å²) in [5, 5.41) is 6.41. The number of rotatable bonds is 4. The summed E-state index contributed by atoms with van der Waals surface area (Å²) in [7, 11) is 0. The predicted molar refractivity (Wildman–Crippen MR) is 133 cm³/mol. The van der Waals surface area contributed by atoms with Gasteiger partial charge in [-0.05, 0) is 61.6 Å². The highest BCUT2D eigenvalue weighted by Gasteiger charge is 2.24. The molecule has 2 amide bonds. The molecule has 0 saturated carbocycles. The van der Waals surface area contributed by atoms with Crippen LogP contribution in [0.1, 0.15) is 26.5 Å². The second-order valence-electron chi connectivity index (χ2n) is 7.70. The molecule has 1 saturated heterocycles. The molecule has 3 aromatic rings. The lowest BCUT2D eigenvalue weighted by Crippen LogP contribution is -2.48. The van der Waals surface area contributed by atoms with Crippen molar-refractivity contribution < 1.29 is 14.0 Å². The average molecular weight is 483 g/mol. The fourth-order valence-corrected chi connectivity index (χ4v) is 4.10. The van der Waals surface area contributed by atoms with E-state index in [1.165, 1.54) is 6.26 Å². The third kappa shape index (κ3) is 5.53. The van der Waals surface area contributed by atoms with E-state index in [0.717, 1.165) is 11.3 Å². The minimum Gasteiger partial charge on any atom is -0.459 e. The fraction of sp³-hybridized carbons (Fsp3) is 0.208. The van der Waals surface area contributed by atoms with Gasteiger partial charge in [-0.15, -0.1) is 0 Å². The van der Waals surface area contributed by atoms with Crippen molar-refractivity contribution in [1.82, 2.24) is 10.2 Å². The van der Waals surface area contributed by atoms with E-state index >= 15 is 0 Å². The van der Waals surface area contributed by atoms with E-state index in [1.54, 1.807) is 35.2 Å². The van der Waals surface area contributed by atoms with Crippen molar-refractivity contribution in [2.24, 2.45) is 0 Å². The number of carbonyl (C=O) groups excluding carboxylic acids is 2. The van der Waals surface area contributed by atoms with Gasteiger partial charge >= 0.3 is 0 Å². The smallest absolute Gasteiger partial charge is 0.289 e. The van der Waals surface area contributed by atoms with Crippen LogP contribution < -0.4 is 15.5 Å². The van der Waals surface area contributed by atoms with Crippen LogP contribution in [0.4, 0.5) is 11.4 Å². The van der Waals surface area contributed by atoms with Gasteiger partial charge < -0.3 is 19.5 Å². The molecule has 33 heavy (non-hydrogen) atoms. The summed E-state index contributed by atoms with van der Waals surface area (Å²) in [6.07, 6.45) is 1.50. The van der Waals surface area contributed by atoms with Gasteiger partial charge in [-0.25, -0.2) is 0 Å². The Bertz CT molecular complexity index is 1160. The molecule has 0 aliphatic carbocycles. The molecular weight excluding hydrogens is 460 g/mol. The Morgan fingerprint density at radius 3 is 2.39 bits per heavy atom. The minimum absolute atomic E-state index is 0.105. The summed E-state index contributed by atoms with van der Waals surface area (Å²) >= 11 is 11.8. The summed E-state index contributed by atoms with van der Waals surface area (Å²) in [5.41, 5.74) is 3.15. The van der Waals surface area contributed by atoms with Gasteiger partial charge in [0, 0.05) is 37.4 Å². The quantitative estimate of drug-likeness (QED) is 0.539. The van der Waals surface area contributed by atoms with Crippen molar-refractivity contribution in [3.05, 3.63) is 82.8 Å². The predicted octanol–water partition coefficient (Wildman–Crippen LogP) is 4.33. The zero-order chi connectivity index (χ0) is 23.4. The van der Waals surface area contributed by atoms with Crippen LogP contribution in [0.25, 0.3) is 0 Å². The van der Waals surface area contributed by atoms with Gasteiger partial charge in [0.25, 0.3) is 11.8 Å². The average Bonchev–Trinajstić information content (AvgIpc) is 3.34. The number of carbonyl (C=O) groups is 2. The fourth-order valence-electron chi connectivity index (χ4n) is 3.59. The normalized spacial score (nSPS) is 13.5. The number of aryl methyl sites for hydroxylation is 1. The number of furan rings is 1. The molecule has 0 atom stereocenters. The van der Waals surface area contributed by atoms with Gasteiger partial charge in [0.05, 0.1) is 17.0 Å². The summed E-state index contributed by atoms with van der Waals surface area (Å²) in [5.74, 6) is -0.0361. The summed E-state index contributed by atoms with van der Waals surface area (Å²) in [4.78, 5) is 28.7. The Balaban J connectivity index is 1.32. The number of benzene rings is 2. The van der Waals surface area contributed by atoms with Gasteiger partial charge in [0.2, 0.25) is 0 Å². The number of hydrogen-bond acceptors (Lipinski definition) is 5. The molecule has 9 heteroatoms. The Morgan fingerprint density at radius 1 is 1.03 bits per heavy atom. The Morgan fingerprint density at radius 2 is 1.76 bits per heavy atom. The third-order valence-corrected chi connectivity index (χ3v) is 5.89. The van der Waals surface area contributed by atoms with E-state index in [9.17, 15) is 9.59 Å². The van der Waals surface area contributed by atoms with E-state index in [1.807, 2.05) is 31.2 Å². The Kier molecular flexibility index (Phi) is 6.96. The molecule has 1 fully saturated rings. The summed E-state index contributed by atoms with van der Waals surface area (Å²) < 4.78 is 5.21. The first-order valence-electron chi connectivity index (χ1n) is 10.5. The monoisotopic (exact) mass is 482 g/mol. The van der Waals surface area contributed by atoms with Gasteiger partial charge in [-0.1, -0.05) is 29.3 Å². The number of halogens is 1. The molecule has 170 valence electrons. The Labute approximate surface area is 202 Å². The van der Waals surface area contributed by atoms with Gasteiger partial charge in [0.15, 0.2) is 10.9 Å². The topological polar surface area (TPSA) is 77.8 Å². The molecule has 2 aromatic carbocycles. The standard InChI is InChI=1S/C24H23ClN4O3S/c1-16-4-6-17(7-5-16)22(30)27-24(33)26-18-8-9-20(19(25)15-18)28-10-12-29(13-11-28)23(31)21-3-2-14-32-21/h2-9,14-15H,10-13H2,1H3,(H2,26,27,30,33). The van der Waals surface area contributed by atoms with Gasteiger partial charge in [-0.3, -0.25) is 14.9 Å². The number of piperazine rings is 1. The number of nitrogens with zero attached hydrogens (tertiary/aromatic N) is 2. The van der Waals surface area contributed by atoms with E-state index in [-0.39, 0.29) is 16.9 Å². The van der Waals surface area contributed by atoms with Crippen LogP contribution in [0.15, 0.2) is 65.3 Å². The molecule has 2 heterocycles. The van der Waals surface area contributed by atoms with Crippen LogP contribution in [0.2, 0.25) is 5.02 Å². The van der Waals surface area contributed by atoms with Crippen LogP contribution in [0.3, 0.4) is 0 Å². The third-order valence-electron chi connectivity index (χ3n) is 5.39. The maximum atomic E-state index is 12.4. The van der Waals surface area contributed by atoms with Crippen LogP contribution in [0.5, 0.6) is 0 Å². The zero-order valence-corrected chi connectivity index (χ0v) is 19.6. The SMILES string of the molecule is Cc1ccc(C(=O)NC(=S)Nc2ccc(N3CCN(C(=O)c4ccco4)CC3)c(Cl)c2)cc1. The highest BCUT2D eigenvalue weighted by Crippen LogP contribution is 2.30.